The Bertz CT molecular complexity index is 684. The second-order valence-corrected chi connectivity index (χ2v) is 14.0. The fraction of sp³-hybridized carbons (Fsp3) is 0.900. The first kappa shape index (κ1) is 44.6. The Kier molecular flexibility index (Phi) is 35.3. The molecule has 2 amide bonds. The maximum Gasteiger partial charge on any atom is 0.237 e. The smallest absolute Gasteiger partial charge is 0.237 e. The molecule has 5 N–H and O–H groups in total. The molecule has 0 aliphatic heterocycles. The molecule has 0 aromatic carbocycles. The number of nitrogens with one attached hydrogen (secondary N) is 1. The highest BCUT2D eigenvalue weighted by Gasteiger charge is 2.15. The number of amides is 2. The van der Waals surface area contributed by atoms with Crippen molar-refractivity contribution in [1.82, 2.24) is 10.2 Å². The van der Waals surface area contributed by atoms with E-state index in [0.29, 0.717) is 6.42 Å². The molecular formula is C40H80N4O2. The maximum absolute atomic E-state index is 12.2. The van der Waals surface area contributed by atoms with Crippen molar-refractivity contribution in [1.29, 1.82) is 0 Å². The summed E-state index contributed by atoms with van der Waals surface area (Å²) >= 11 is 0. The number of hydrogen-bond acceptors (Lipinski definition) is 4. The Morgan fingerprint density at radius 2 is 0.891 bits per heavy atom. The summed E-state index contributed by atoms with van der Waals surface area (Å²) in [7, 11) is 0. The predicted octanol–water partition coefficient (Wildman–Crippen LogP) is 10.1. The molecule has 272 valence electrons. The number of primary amides is 1. The van der Waals surface area contributed by atoms with Crippen LogP contribution in [0.5, 0.6) is 0 Å². The van der Waals surface area contributed by atoms with Gasteiger partial charge in [-0.15, -0.1) is 0 Å². The van der Waals surface area contributed by atoms with Crippen LogP contribution in [0.4, 0.5) is 0 Å². The lowest BCUT2D eigenvalue weighted by Crippen LogP contribution is -2.45. The molecule has 0 aromatic rings. The van der Waals surface area contributed by atoms with Crippen LogP contribution in [0.3, 0.4) is 0 Å². The van der Waals surface area contributed by atoms with Gasteiger partial charge in [-0.25, -0.2) is 0 Å². The van der Waals surface area contributed by atoms with Crippen LogP contribution in [0.2, 0.25) is 0 Å². The predicted molar refractivity (Wildman–Crippen MR) is 201 cm³/mol. The van der Waals surface area contributed by atoms with E-state index < -0.39 is 11.9 Å². The van der Waals surface area contributed by atoms with Gasteiger partial charge in [-0.2, -0.15) is 0 Å². The molecule has 46 heavy (non-hydrogen) atoms. The normalized spacial score (nSPS) is 12.3. The van der Waals surface area contributed by atoms with E-state index in [0.717, 1.165) is 19.6 Å². The first-order valence-electron chi connectivity index (χ1n) is 20.2. The van der Waals surface area contributed by atoms with Crippen LogP contribution in [-0.4, -0.2) is 48.9 Å². The summed E-state index contributed by atoms with van der Waals surface area (Å²) in [6.45, 7) is 7.40. The third-order valence-electron chi connectivity index (χ3n) is 9.34. The molecular weight excluding hydrogens is 568 g/mol. The lowest BCUT2D eigenvalue weighted by atomic mass is 10.0. The van der Waals surface area contributed by atoms with Gasteiger partial charge in [-0.1, -0.05) is 167 Å². The van der Waals surface area contributed by atoms with Gasteiger partial charge in [-0.3, -0.25) is 9.59 Å². The number of allylic oxidation sites excluding steroid dienone is 2. The molecule has 0 aliphatic rings. The van der Waals surface area contributed by atoms with E-state index in [1.807, 2.05) is 0 Å². The molecule has 6 nitrogen and oxygen atoms in total. The van der Waals surface area contributed by atoms with Crippen LogP contribution >= 0.6 is 0 Å². The number of carbonyl (C=O) groups is 2. The lowest BCUT2D eigenvalue weighted by molar-refractivity contribution is -0.125. The molecule has 6 heteroatoms. The average molecular weight is 649 g/mol. The molecule has 1 unspecified atom stereocenters. The highest BCUT2D eigenvalue weighted by Crippen LogP contribution is 2.14. The molecule has 0 fully saturated rings. The number of carbonyl (C=O) groups excluding carboxylic acids is 2. The Morgan fingerprint density at radius 3 is 1.26 bits per heavy atom. The minimum absolute atomic E-state index is 0.148. The highest BCUT2D eigenvalue weighted by atomic mass is 16.2. The van der Waals surface area contributed by atoms with Gasteiger partial charge in [0.15, 0.2) is 0 Å². The number of unbranched alkanes of at least 4 members (excludes halogenated alkanes) is 25. The zero-order valence-electron chi connectivity index (χ0n) is 31.0. The van der Waals surface area contributed by atoms with Gasteiger partial charge in [0.2, 0.25) is 11.8 Å². The number of hydrogen-bond donors (Lipinski definition) is 3. The van der Waals surface area contributed by atoms with Crippen LogP contribution in [-0.2, 0) is 9.59 Å². The molecule has 0 saturated carbocycles. The van der Waals surface area contributed by atoms with Gasteiger partial charge >= 0.3 is 0 Å². The maximum atomic E-state index is 12.2. The number of nitrogens with two attached hydrogens (primary N) is 2. The van der Waals surface area contributed by atoms with Crippen molar-refractivity contribution in [2.75, 3.05) is 26.2 Å². The average Bonchev–Trinajstić information content (AvgIpc) is 3.05. The molecule has 0 spiro atoms. The zero-order valence-corrected chi connectivity index (χ0v) is 31.0. The second kappa shape index (κ2) is 36.4. The largest absolute Gasteiger partial charge is 0.368 e. The monoisotopic (exact) mass is 649 g/mol. The highest BCUT2D eigenvalue weighted by molar-refractivity contribution is 5.86. The van der Waals surface area contributed by atoms with E-state index in [1.165, 1.54) is 180 Å². The van der Waals surface area contributed by atoms with E-state index in [4.69, 9.17) is 11.5 Å². The SMILES string of the molecule is CCCCCCCC/C=C\CCCCCCCCN(CCCCCCCCCCCCCCCC)CCC(N)C(=O)NCC(N)=O. The molecule has 1 atom stereocenters. The molecule has 0 radical (unpaired) electrons. The Hall–Kier alpha value is -1.40. The van der Waals surface area contributed by atoms with E-state index >= 15 is 0 Å². The minimum atomic E-state index is -0.599. The van der Waals surface area contributed by atoms with Crippen molar-refractivity contribution in [2.24, 2.45) is 11.5 Å². The molecule has 0 saturated heterocycles. The van der Waals surface area contributed by atoms with Crippen molar-refractivity contribution in [2.45, 2.75) is 206 Å². The Labute approximate surface area is 287 Å². The lowest BCUT2D eigenvalue weighted by Gasteiger charge is -2.24. The third kappa shape index (κ3) is 33.9. The summed E-state index contributed by atoms with van der Waals surface area (Å²) < 4.78 is 0. The van der Waals surface area contributed by atoms with Crippen LogP contribution in [0.25, 0.3) is 0 Å². The summed E-state index contributed by atoms with van der Waals surface area (Å²) in [4.78, 5) is 25.7. The van der Waals surface area contributed by atoms with Gasteiger partial charge in [-0.05, 0) is 58.0 Å². The van der Waals surface area contributed by atoms with Gasteiger partial charge < -0.3 is 21.7 Å². The third-order valence-corrected chi connectivity index (χ3v) is 9.34. The fourth-order valence-electron chi connectivity index (χ4n) is 6.21. The Balaban J connectivity index is 4.06. The standard InChI is InChI=1S/C40H80N4O2/c1-3-5-7-9-11-13-15-17-19-20-22-24-26-28-30-32-35-44(36-33-38(41)40(46)43-37-39(42)45)34-31-29-27-25-23-21-18-16-14-12-10-8-6-4-2/h17,19,38H,3-16,18,20-37,41H2,1-2H3,(H2,42,45)(H,43,46)/b19-17-. The molecule has 0 aliphatic carbocycles. The van der Waals surface area contributed by atoms with Gasteiger partial charge in [0.05, 0.1) is 12.6 Å². The summed E-state index contributed by atoms with van der Waals surface area (Å²) in [5.74, 6) is -0.826. The summed E-state index contributed by atoms with van der Waals surface area (Å²) in [6, 6.07) is -0.599. The van der Waals surface area contributed by atoms with E-state index in [9.17, 15) is 9.59 Å². The summed E-state index contributed by atoms with van der Waals surface area (Å²) in [5, 5.41) is 2.54. The summed E-state index contributed by atoms with van der Waals surface area (Å²) in [6.07, 6.45) is 43.2. The molecule has 0 heterocycles. The topological polar surface area (TPSA) is 101 Å². The zero-order chi connectivity index (χ0) is 33.8. The van der Waals surface area contributed by atoms with Crippen molar-refractivity contribution in [3.63, 3.8) is 0 Å². The van der Waals surface area contributed by atoms with Gasteiger partial charge in [0, 0.05) is 6.54 Å². The minimum Gasteiger partial charge on any atom is -0.368 e. The number of rotatable bonds is 37. The first-order valence-corrected chi connectivity index (χ1v) is 20.2. The van der Waals surface area contributed by atoms with Crippen molar-refractivity contribution in [3.8, 4) is 0 Å². The van der Waals surface area contributed by atoms with Crippen LogP contribution in [0, 0.1) is 0 Å². The molecule has 0 rings (SSSR count). The number of nitrogens with zero attached hydrogens (tertiary/aromatic N) is 1. The quantitative estimate of drug-likeness (QED) is 0.0461. The van der Waals surface area contributed by atoms with Crippen molar-refractivity contribution < 1.29 is 9.59 Å². The van der Waals surface area contributed by atoms with E-state index in [1.54, 1.807) is 0 Å². The van der Waals surface area contributed by atoms with Crippen LogP contribution in [0.1, 0.15) is 200 Å². The molecule has 0 bridgehead atoms. The van der Waals surface area contributed by atoms with Crippen LogP contribution in [0.15, 0.2) is 12.2 Å². The Morgan fingerprint density at radius 1 is 0.543 bits per heavy atom. The van der Waals surface area contributed by atoms with Crippen molar-refractivity contribution >= 4 is 11.8 Å². The first-order chi connectivity index (χ1) is 22.5. The summed E-state index contributed by atoms with van der Waals surface area (Å²) in [5.41, 5.74) is 11.3. The fourth-order valence-corrected chi connectivity index (χ4v) is 6.21. The van der Waals surface area contributed by atoms with Gasteiger partial charge in [0.25, 0.3) is 0 Å². The molecule has 0 aromatic heterocycles. The van der Waals surface area contributed by atoms with E-state index in [2.05, 4.69) is 36.2 Å². The second-order valence-electron chi connectivity index (χ2n) is 14.0. The van der Waals surface area contributed by atoms with E-state index in [-0.39, 0.29) is 12.5 Å². The van der Waals surface area contributed by atoms with Crippen molar-refractivity contribution in [3.05, 3.63) is 12.2 Å². The van der Waals surface area contributed by atoms with Crippen LogP contribution < -0.4 is 16.8 Å². The van der Waals surface area contributed by atoms with Gasteiger partial charge in [0.1, 0.15) is 0 Å².